The lowest BCUT2D eigenvalue weighted by molar-refractivity contribution is -0.862. The van der Waals surface area contributed by atoms with E-state index in [-0.39, 0.29) is 18.4 Å². The molecular formula is C21H35N4O2+. The highest BCUT2D eigenvalue weighted by atomic mass is 16.2. The van der Waals surface area contributed by atoms with E-state index >= 15 is 0 Å². The summed E-state index contributed by atoms with van der Waals surface area (Å²) in [6, 6.07) is 8.10. The van der Waals surface area contributed by atoms with Crippen molar-refractivity contribution in [2.24, 2.45) is 0 Å². The van der Waals surface area contributed by atoms with E-state index in [0.717, 1.165) is 23.7 Å². The van der Waals surface area contributed by atoms with Gasteiger partial charge in [-0.3, -0.25) is 9.59 Å². The number of hydrogen-bond acceptors (Lipinski definition) is 3. The number of nitrogens with zero attached hydrogens (tertiary/aromatic N) is 2. The number of carbonyl (C=O) groups excluding carboxylic acids is 2. The molecule has 1 aliphatic rings. The number of anilines is 2. The van der Waals surface area contributed by atoms with E-state index in [0.29, 0.717) is 19.6 Å². The third kappa shape index (κ3) is 6.86. The minimum atomic E-state index is -0.0673. The lowest BCUT2D eigenvalue weighted by atomic mass is 10.2. The van der Waals surface area contributed by atoms with Gasteiger partial charge in [-0.2, -0.15) is 0 Å². The van der Waals surface area contributed by atoms with Crippen LogP contribution in [0.4, 0.5) is 11.4 Å². The molecule has 1 aromatic carbocycles. The molecule has 1 fully saturated rings. The summed E-state index contributed by atoms with van der Waals surface area (Å²) in [6.07, 6.45) is 5.13. The second-order valence-electron chi connectivity index (χ2n) is 7.37. The van der Waals surface area contributed by atoms with Crippen LogP contribution in [0.1, 0.15) is 39.5 Å². The molecule has 2 amide bonds. The Morgan fingerprint density at radius 1 is 1.00 bits per heavy atom. The predicted molar refractivity (Wildman–Crippen MR) is 110 cm³/mol. The number of quaternary nitrogens is 1. The molecule has 1 saturated heterocycles. The Kier molecular flexibility index (Phi) is 8.58. The summed E-state index contributed by atoms with van der Waals surface area (Å²) in [5, 5.41) is 2.94. The maximum absolute atomic E-state index is 12.3. The SMILES string of the molecule is CCN(CC)C(=O)C[NH+](C)CC(=O)Nc1ccc(N2CCCCCC2)cc1. The van der Waals surface area contributed by atoms with Crippen LogP contribution in [0.2, 0.25) is 0 Å². The molecule has 0 bridgehead atoms. The largest absolute Gasteiger partial charge is 0.372 e. The Morgan fingerprint density at radius 2 is 1.59 bits per heavy atom. The van der Waals surface area contributed by atoms with Crippen molar-refractivity contribution in [2.45, 2.75) is 39.5 Å². The quantitative estimate of drug-likeness (QED) is 0.722. The molecule has 0 saturated carbocycles. The fraction of sp³-hybridized carbons (Fsp3) is 0.619. The second-order valence-corrected chi connectivity index (χ2v) is 7.37. The first kappa shape index (κ1) is 21.2. The summed E-state index contributed by atoms with van der Waals surface area (Å²) in [6.45, 7) is 8.19. The van der Waals surface area contributed by atoms with Gasteiger partial charge in [0.2, 0.25) is 0 Å². The smallest absolute Gasteiger partial charge is 0.279 e. The van der Waals surface area contributed by atoms with Gasteiger partial charge < -0.3 is 20.0 Å². The third-order valence-corrected chi connectivity index (χ3v) is 5.15. The molecule has 2 rings (SSSR count). The lowest BCUT2D eigenvalue weighted by Gasteiger charge is -2.23. The number of nitrogens with one attached hydrogen (secondary N) is 2. The lowest BCUT2D eigenvalue weighted by Crippen LogP contribution is -3.11. The van der Waals surface area contributed by atoms with Crippen molar-refractivity contribution < 1.29 is 14.5 Å². The molecule has 1 atom stereocenters. The summed E-state index contributed by atoms with van der Waals surface area (Å²) >= 11 is 0. The standard InChI is InChI=1S/C21H34N4O2/c1-4-24(5-2)21(27)17-23(3)16-20(26)22-18-10-12-19(13-11-18)25-14-8-6-7-9-15-25/h10-13H,4-9,14-17H2,1-3H3,(H,22,26)/p+1. The van der Waals surface area contributed by atoms with E-state index in [9.17, 15) is 9.59 Å². The van der Waals surface area contributed by atoms with E-state index in [1.807, 2.05) is 33.0 Å². The molecule has 0 radical (unpaired) electrons. The van der Waals surface area contributed by atoms with Gasteiger partial charge in [-0.05, 0) is 51.0 Å². The predicted octanol–water partition coefficient (Wildman–Crippen LogP) is 1.39. The Bertz CT molecular complexity index is 591. The molecule has 0 aromatic heterocycles. The third-order valence-electron chi connectivity index (χ3n) is 5.15. The van der Waals surface area contributed by atoms with Crippen molar-refractivity contribution in [3.05, 3.63) is 24.3 Å². The number of carbonyl (C=O) groups is 2. The number of amides is 2. The van der Waals surface area contributed by atoms with Gasteiger partial charge in [-0.1, -0.05) is 12.8 Å². The zero-order valence-electron chi connectivity index (χ0n) is 17.1. The van der Waals surface area contributed by atoms with Crippen LogP contribution in [-0.4, -0.2) is 63.0 Å². The van der Waals surface area contributed by atoms with Gasteiger partial charge in [0.05, 0.1) is 7.05 Å². The van der Waals surface area contributed by atoms with E-state index in [1.165, 1.54) is 31.4 Å². The Hall–Kier alpha value is -2.08. The van der Waals surface area contributed by atoms with E-state index in [1.54, 1.807) is 4.90 Å². The van der Waals surface area contributed by atoms with Gasteiger partial charge >= 0.3 is 0 Å². The van der Waals surface area contributed by atoms with Crippen molar-refractivity contribution in [1.29, 1.82) is 0 Å². The zero-order valence-corrected chi connectivity index (χ0v) is 17.1. The van der Waals surface area contributed by atoms with Crippen molar-refractivity contribution >= 4 is 23.2 Å². The van der Waals surface area contributed by atoms with Crippen LogP contribution >= 0.6 is 0 Å². The number of hydrogen-bond donors (Lipinski definition) is 2. The highest BCUT2D eigenvalue weighted by Crippen LogP contribution is 2.21. The molecule has 2 N–H and O–H groups in total. The second kappa shape index (κ2) is 10.9. The average Bonchev–Trinajstić information content (AvgIpc) is 2.92. The molecule has 6 heteroatoms. The minimum absolute atomic E-state index is 0.0673. The summed E-state index contributed by atoms with van der Waals surface area (Å²) in [5.74, 6) is 0.0227. The van der Waals surface area contributed by atoms with E-state index in [2.05, 4.69) is 22.3 Å². The number of benzene rings is 1. The van der Waals surface area contributed by atoms with Crippen LogP contribution in [0.15, 0.2) is 24.3 Å². The Labute approximate surface area is 163 Å². The van der Waals surface area contributed by atoms with Crippen molar-refractivity contribution in [3.63, 3.8) is 0 Å². The van der Waals surface area contributed by atoms with Crippen LogP contribution in [0, 0.1) is 0 Å². The van der Waals surface area contributed by atoms with Gasteiger partial charge in [0.1, 0.15) is 0 Å². The van der Waals surface area contributed by atoms with Gasteiger partial charge in [0.25, 0.3) is 11.8 Å². The molecule has 1 aromatic rings. The van der Waals surface area contributed by atoms with Crippen LogP contribution in [-0.2, 0) is 9.59 Å². The molecule has 1 unspecified atom stereocenters. The maximum Gasteiger partial charge on any atom is 0.279 e. The summed E-state index contributed by atoms with van der Waals surface area (Å²) < 4.78 is 0. The van der Waals surface area contributed by atoms with Crippen LogP contribution in [0.25, 0.3) is 0 Å². The molecule has 0 spiro atoms. The van der Waals surface area contributed by atoms with Crippen molar-refractivity contribution in [1.82, 2.24) is 4.90 Å². The zero-order chi connectivity index (χ0) is 19.6. The van der Waals surface area contributed by atoms with Crippen LogP contribution in [0.3, 0.4) is 0 Å². The Morgan fingerprint density at radius 3 is 2.15 bits per heavy atom. The Balaban J connectivity index is 1.82. The molecule has 1 aliphatic heterocycles. The highest BCUT2D eigenvalue weighted by molar-refractivity contribution is 5.91. The summed E-state index contributed by atoms with van der Waals surface area (Å²) in [5.41, 5.74) is 2.03. The normalized spacial score (nSPS) is 15.7. The van der Waals surface area contributed by atoms with Gasteiger partial charge in [-0.15, -0.1) is 0 Å². The van der Waals surface area contributed by atoms with E-state index in [4.69, 9.17) is 0 Å². The molecule has 6 nitrogen and oxygen atoms in total. The minimum Gasteiger partial charge on any atom is -0.372 e. The molecule has 150 valence electrons. The first-order valence-corrected chi connectivity index (χ1v) is 10.3. The molecular weight excluding hydrogens is 340 g/mol. The van der Waals surface area contributed by atoms with Gasteiger partial charge in [0, 0.05) is 37.6 Å². The van der Waals surface area contributed by atoms with E-state index < -0.39 is 0 Å². The van der Waals surface area contributed by atoms with Crippen LogP contribution < -0.4 is 15.1 Å². The monoisotopic (exact) mass is 375 g/mol. The van der Waals surface area contributed by atoms with Crippen molar-refractivity contribution in [2.75, 3.05) is 56.5 Å². The first-order valence-electron chi connectivity index (χ1n) is 10.3. The molecule has 27 heavy (non-hydrogen) atoms. The fourth-order valence-corrected chi connectivity index (χ4v) is 3.57. The molecule has 0 aliphatic carbocycles. The van der Waals surface area contributed by atoms with Crippen molar-refractivity contribution in [3.8, 4) is 0 Å². The number of likely N-dealkylation sites (N-methyl/N-ethyl adjacent to an activating group) is 2. The molecule has 1 heterocycles. The first-order chi connectivity index (χ1) is 13.0. The van der Waals surface area contributed by atoms with Gasteiger partial charge in [0.15, 0.2) is 13.1 Å². The fourth-order valence-electron chi connectivity index (χ4n) is 3.57. The number of rotatable bonds is 8. The topological polar surface area (TPSA) is 57.1 Å². The van der Waals surface area contributed by atoms with Gasteiger partial charge in [-0.25, -0.2) is 0 Å². The maximum atomic E-state index is 12.3. The average molecular weight is 376 g/mol. The highest BCUT2D eigenvalue weighted by Gasteiger charge is 2.18. The summed E-state index contributed by atoms with van der Waals surface area (Å²) in [7, 11) is 1.88. The van der Waals surface area contributed by atoms with Crippen LogP contribution in [0.5, 0.6) is 0 Å². The summed E-state index contributed by atoms with van der Waals surface area (Å²) in [4.78, 5) is 29.5.